The lowest BCUT2D eigenvalue weighted by Crippen LogP contribution is -2.33. The van der Waals surface area contributed by atoms with Gasteiger partial charge in [-0.25, -0.2) is 0 Å². The van der Waals surface area contributed by atoms with Crippen molar-refractivity contribution in [3.05, 3.63) is 76.9 Å². The van der Waals surface area contributed by atoms with Crippen molar-refractivity contribution in [3.63, 3.8) is 0 Å². The van der Waals surface area contributed by atoms with Crippen LogP contribution in [0.1, 0.15) is 38.8 Å². The molecular weight excluding hydrogens is 309 g/mol. The SMILES string of the molecule is CCC=CCC1CC=c2ccccc2=C1c1ccccn1.CCP. The van der Waals surface area contributed by atoms with Crippen LogP contribution in [0.15, 0.2) is 60.8 Å². The summed E-state index contributed by atoms with van der Waals surface area (Å²) >= 11 is 0. The second-order valence-electron chi connectivity index (χ2n) is 5.88. The minimum absolute atomic E-state index is 0.526. The minimum Gasteiger partial charge on any atom is -0.257 e. The number of benzene rings is 1. The number of allylic oxidation sites excluding steroid dienone is 2. The molecule has 0 spiro atoms. The first-order valence-corrected chi connectivity index (χ1v) is 9.69. The van der Waals surface area contributed by atoms with Gasteiger partial charge in [-0.2, -0.15) is 0 Å². The molecule has 0 N–H and O–H groups in total. The predicted molar refractivity (Wildman–Crippen MR) is 109 cm³/mol. The van der Waals surface area contributed by atoms with Crippen LogP contribution in [0.2, 0.25) is 0 Å². The molecule has 24 heavy (non-hydrogen) atoms. The summed E-state index contributed by atoms with van der Waals surface area (Å²) in [7, 11) is 2.58. The fourth-order valence-electron chi connectivity index (χ4n) is 3.04. The molecule has 126 valence electrons. The molecular formula is C22H28NP. The molecule has 1 aromatic heterocycles. The number of fused-ring (bicyclic) bond motifs is 1. The molecule has 0 bridgehead atoms. The van der Waals surface area contributed by atoms with Crippen molar-refractivity contribution in [3.8, 4) is 0 Å². The Morgan fingerprint density at radius 1 is 1.08 bits per heavy atom. The molecule has 1 nitrogen and oxygen atoms in total. The molecule has 0 radical (unpaired) electrons. The summed E-state index contributed by atoms with van der Waals surface area (Å²) in [5.74, 6) is 0.526. The summed E-state index contributed by atoms with van der Waals surface area (Å²) in [6, 6.07) is 14.9. The molecule has 1 aromatic carbocycles. The summed E-state index contributed by atoms with van der Waals surface area (Å²) in [5.41, 5.74) is 2.52. The molecule has 0 saturated carbocycles. The quantitative estimate of drug-likeness (QED) is 0.598. The van der Waals surface area contributed by atoms with E-state index in [0.29, 0.717) is 5.92 Å². The molecule has 2 atom stereocenters. The lowest BCUT2D eigenvalue weighted by atomic mass is 9.84. The molecule has 1 aliphatic rings. The van der Waals surface area contributed by atoms with Crippen LogP contribution in [-0.2, 0) is 0 Å². The average molecular weight is 337 g/mol. The van der Waals surface area contributed by atoms with Crippen LogP contribution in [-0.4, -0.2) is 11.1 Å². The van der Waals surface area contributed by atoms with Gasteiger partial charge in [-0.05, 0) is 59.5 Å². The highest BCUT2D eigenvalue weighted by Crippen LogP contribution is 2.27. The molecule has 0 saturated heterocycles. The zero-order valence-electron chi connectivity index (χ0n) is 14.8. The zero-order chi connectivity index (χ0) is 17.2. The third-order valence-corrected chi connectivity index (χ3v) is 4.05. The molecule has 1 aliphatic carbocycles. The number of rotatable bonds is 4. The van der Waals surface area contributed by atoms with Gasteiger partial charge in [0.1, 0.15) is 0 Å². The summed E-state index contributed by atoms with van der Waals surface area (Å²) in [5, 5.41) is 2.69. The Hall–Kier alpha value is -1.72. The lowest BCUT2D eigenvalue weighted by Gasteiger charge is -2.21. The molecule has 1 heterocycles. The minimum atomic E-state index is 0.526. The molecule has 3 rings (SSSR count). The molecule has 2 aromatic rings. The Kier molecular flexibility index (Phi) is 7.92. The van der Waals surface area contributed by atoms with Gasteiger partial charge >= 0.3 is 0 Å². The van der Waals surface area contributed by atoms with Crippen LogP contribution in [0.4, 0.5) is 0 Å². The van der Waals surface area contributed by atoms with Crippen molar-refractivity contribution in [2.24, 2.45) is 5.92 Å². The molecule has 0 aliphatic heterocycles. The highest BCUT2D eigenvalue weighted by Gasteiger charge is 2.18. The number of nitrogens with zero attached hydrogens (tertiary/aromatic N) is 1. The first kappa shape index (κ1) is 18.6. The first-order valence-electron chi connectivity index (χ1n) is 8.87. The Morgan fingerprint density at radius 3 is 2.54 bits per heavy atom. The van der Waals surface area contributed by atoms with Crippen molar-refractivity contribution >= 4 is 20.9 Å². The topological polar surface area (TPSA) is 12.9 Å². The monoisotopic (exact) mass is 337 g/mol. The van der Waals surface area contributed by atoms with E-state index in [9.17, 15) is 0 Å². The van der Waals surface area contributed by atoms with E-state index in [2.05, 4.69) is 82.7 Å². The van der Waals surface area contributed by atoms with Crippen LogP contribution in [0.25, 0.3) is 11.6 Å². The van der Waals surface area contributed by atoms with E-state index in [1.54, 1.807) is 0 Å². The van der Waals surface area contributed by atoms with Gasteiger partial charge in [0, 0.05) is 6.20 Å². The van der Waals surface area contributed by atoms with E-state index in [0.717, 1.165) is 25.0 Å². The van der Waals surface area contributed by atoms with Gasteiger partial charge in [0.15, 0.2) is 0 Å². The predicted octanol–water partition coefficient (Wildman–Crippen LogP) is 4.32. The summed E-state index contributed by atoms with van der Waals surface area (Å²) < 4.78 is 0. The maximum Gasteiger partial charge on any atom is 0.0670 e. The van der Waals surface area contributed by atoms with Crippen molar-refractivity contribution < 1.29 is 0 Å². The van der Waals surface area contributed by atoms with Crippen molar-refractivity contribution in [1.29, 1.82) is 0 Å². The molecule has 2 unspecified atom stereocenters. The van der Waals surface area contributed by atoms with Crippen LogP contribution < -0.4 is 10.4 Å². The summed E-state index contributed by atoms with van der Waals surface area (Å²) in [4.78, 5) is 4.60. The highest BCUT2D eigenvalue weighted by molar-refractivity contribution is 7.16. The maximum atomic E-state index is 4.60. The van der Waals surface area contributed by atoms with Crippen LogP contribution in [0.5, 0.6) is 0 Å². The zero-order valence-corrected chi connectivity index (χ0v) is 15.9. The van der Waals surface area contributed by atoms with E-state index < -0.39 is 0 Å². The van der Waals surface area contributed by atoms with Crippen molar-refractivity contribution in [2.75, 3.05) is 6.16 Å². The second kappa shape index (κ2) is 10.2. The average Bonchev–Trinajstić information content (AvgIpc) is 2.63. The van der Waals surface area contributed by atoms with Gasteiger partial charge < -0.3 is 0 Å². The third-order valence-electron chi connectivity index (χ3n) is 4.05. The van der Waals surface area contributed by atoms with Crippen molar-refractivity contribution in [2.45, 2.75) is 33.1 Å². The standard InChI is InChI=1S/C20H21N.C2H7P/c1-2-3-4-10-17-14-13-16-9-5-6-11-18(16)20(17)19-12-7-8-15-21-19;1-2-3/h3-9,11-13,15,17H,2,10,14H2,1H3;2-3H2,1H3. The van der Waals surface area contributed by atoms with Gasteiger partial charge in [0.2, 0.25) is 0 Å². The Bertz CT molecular complexity index is 762. The van der Waals surface area contributed by atoms with Gasteiger partial charge in [0.05, 0.1) is 5.69 Å². The van der Waals surface area contributed by atoms with E-state index in [-0.39, 0.29) is 0 Å². The highest BCUT2D eigenvalue weighted by atomic mass is 31.0. The maximum absolute atomic E-state index is 4.60. The lowest BCUT2D eigenvalue weighted by molar-refractivity contribution is 0.697. The number of hydrogen-bond acceptors (Lipinski definition) is 1. The van der Waals surface area contributed by atoms with Gasteiger partial charge in [0.25, 0.3) is 0 Å². The number of pyridine rings is 1. The first-order chi connectivity index (χ1) is 11.8. The number of aromatic nitrogens is 1. The van der Waals surface area contributed by atoms with E-state index in [1.807, 2.05) is 12.3 Å². The molecule has 0 amide bonds. The van der Waals surface area contributed by atoms with E-state index in [4.69, 9.17) is 0 Å². The summed E-state index contributed by atoms with van der Waals surface area (Å²) in [6.45, 7) is 4.27. The van der Waals surface area contributed by atoms with E-state index in [1.165, 1.54) is 22.2 Å². The fraction of sp³-hybridized carbons (Fsp3) is 0.318. The Morgan fingerprint density at radius 2 is 1.83 bits per heavy atom. The van der Waals surface area contributed by atoms with Crippen LogP contribution in [0, 0.1) is 5.92 Å². The van der Waals surface area contributed by atoms with Gasteiger partial charge in [-0.15, -0.1) is 9.24 Å². The van der Waals surface area contributed by atoms with Crippen LogP contribution in [0.3, 0.4) is 0 Å². The largest absolute Gasteiger partial charge is 0.257 e. The smallest absolute Gasteiger partial charge is 0.0670 e. The molecule has 0 fully saturated rings. The van der Waals surface area contributed by atoms with Gasteiger partial charge in [-0.1, -0.05) is 62.4 Å². The Balaban J connectivity index is 0.000000647. The van der Waals surface area contributed by atoms with Gasteiger partial charge in [-0.3, -0.25) is 4.98 Å². The second-order valence-corrected chi connectivity index (χ2v) is 6.69. The number of hydrogen-bond donors (Lipinski definition) is 0. The normalized spacial score (nSPS) is 16.1. The Labute approximate surface area is 148 Å². The third kappa shape index (κ3) is 4.89. The van der Waals surface area contributed by atoms with Crippen LogP contribution >= 0.6 is 9.24 Å². The summed E-state index contributed by atoms with van der Waals surface area (Å²) in [6.07, 6.45) is 13.3. The van der Waals surface area contributed by atoms with E-state index >= 15 is 0 Å². The fourth-order valence-corrected chi connectivity index (χ4v) is 3.04. The molecule has 2 heteroatoms. The van der Waals surface area contributed by atoms with Crippen molar-refractivity contribution in [1.82, 2.24) is 4.98 Å².